The van der Waals surface area contributed by atoms with Crippen molar-refractivity contribution in [2.24, 2.45) is 11.8 Å². The van der Waals surface area contributed by atoms with Crippen LogP contribution in [0.3, 0.4) is 0 Å². The fraction of sp³-hybridized carbons (Fsp3) is 0.895. The van der Waals surface area contributed by atoms with Gasteiger partial charge in [0.25, 0.3) is 0 Å². The van der Waals surface area contributed by atoms with E-state index < -0.39 is 11.4 Å². The standard InChI is InChI=1S/C19H34O4S/c1-2-3-4-5-6-7-10-15-12-13-17(20)16(15)11-8-9-14-24-19(23)18(21)22/h15-16,19,23H,2-14H2,1H3,(H,21,22)/t15-,16+,19?/m0/s1. The number of Topliss-reactive ketones (excluding diaryl/α,β-unsaturated/α-hetero) is 1. The first-order valence-corrected chi connectivity index (χ1v) is 10.7. The number of rotatable bonds is 14. The van der Waals surface area contributed by atoms with Crippen molar-refractivity contribution in [3.63, 3.8) is 0 Å². The van der Waals surface area contributed by atoms with Crippen molar-refractivity contribution in [3.05, 3.63) is 0 Å². The smallest absolute Gasteiger partial charge is 0.343 e. The number of unbranched alkanes of at least 4 members (excludes halogenated alkanes) is 6. The normalized spacial score (nSPS) is 22.0. The lowest BCUT2D eigenvalue weighted by Crippen LogP contribution is -2.16. The van der Waals surface area contributed by atoms with Gasteiger partial charge in [-0.2, -0.15) is 0 Å². The first kappa shape index (κ1) is 21.5. The lowest BCUT2D eigenvalue weighted by molar-refractivity contribution is -0.141. The molecular weight excluding hydrogens is 324 g/mol. The van der Waals surface area contributed by atoms with Crippen molar-refractivity contribution in [1.82, 2.24) is 0 Å². The zero-order valence-electron chi connectivity index (χ0n) is 15.0. The number of carboxylic acid groups (broad SMARTS) is 1. The molecule has 0 aliphatic heterocycles. The summed E-state index contributed by atoms with van der Waals surface area (Å²) in [5, 5.41) is 17.8. The summed E-state index contributed by atoms with van der Waals surface area (Å²) >= 11 is 1.06. The number of ketones is 1. The Kier molecular flexibility index (Phi) is 11.4. The van der Waals surface area contributed by atoms with Crippen LogP contribution in [0.4, 0.5) is 0 Å². The predicted molar refractivity (Wildman–Crippen MR) is 99.2 cm³/mol. The van der Waals surface area contributed by atoms with Gasteiger partial charge in [0.2, 0.25) is 0 Å². The lowest BCUT2D eigenvalue weighted by atomic mass is 9.86. The number of thioether (sulfide) groups is 1. The summed E-state index contributed by atoms with van der Waals surface area (Å²) in [4.78, 5) is 22.6. The van der Waals surface area contributed by atoms with Crippen LogP contribution in [0.15, 0.2) is 0 Å². The molecule has 140 valence electrons. The van der Waals surface area contributed by atoms with E-state index in [-0.39, 0.29) is 5.92 Å². The Bertz CT molecular complexity index is 372. The largest absolute Gasteiger partial charge is 0.479 e. The minimum Gasteiger partial charge on any atom is -0.479 e. The summed E-state index contributed by atoms with van der Waals surface area (Å²) < 4.78 is 0. The molecule has 2 N–H and O–H groups in total. The first-order valence-electron chi connectivity index (χ1n) is 9.61. The highest BCUT2D eigenvalue weighted by atomic mass is 32.2. The highest BCUT2D eigenvalue weighted by Crippen LogP contribution is 2.36. The first-order chi connectivity index (χ1) is 11.6. The Morgan fingerprint density at radius 1 is 1.12 bits per heavy atom. The van der Waals surface area contributed by atoms with E-state index in [9.17, 15) is 14.7 Å². The quantitative estimate of drug-likeness (QED) is 0.349. The number of aliphatic carboxylic acids is 1. The Balaban J connectivity index is 2.14. The van der Waals surface area contributed by atoms with Crippen molar-refractivity contribution < 1.29 is 19.8 Å². The second-order valence-electron chi connectivity index (χ2n) is 6.99. The monoisotopic (exact) mass is 358 g/mol. The molecule has 3 atom stereocenters. The van der Waals surface area contributed by atoms with Crippen LogP contribution in [-0.2, 0) is 9.59 Å². The fourth-order valence-corrected chi connectivity index (χ4v) is 4.38. The average Bonchev–Trinajstić information content (AvgIpc) is 2.90. The molecule has 0 heterocycles. The third kappa shape index (κ3) is 8.52. The SMILES string of the molecule is CCCCCCCC[C@H]1CCC(=O)[C@@H]1CCCCSC(O)C(=O)O. The number of carboxylic acids is 1. The molecule has 0 amide bonds. The Hall–Kier alpha value is -0.550. The molecule has 0 radical (unpaired) electrons. The minimum atomic E-state index is -1.32. The van der Waals surface area contributed by atoms with E-state index in [1.54, 1.807) is 0 Å². The summed E-state index contributed by atoms with van der Waals surface area (Å²) in [5.74, 6) is 0.696. The van der Waals surface area contributed by atoms with Gasteiger partial charge in [0, 0.05) is 12.3 Å². The number of hydrogen-bond donors (Lipinski definition) is 2. The second kappa shape index (κ2) is 12.8. The van der Waals surface area contributed by atoms with Crippen molar-refractivity contribution in [2.45, 2.75) is 89.4 Å². The highest BCUT2D eigenvalue weighted by Gasteiger charge is 2.33. The number of aliphatic hydroxyl groups is 1. The third-order valence-electron chi connectivity index (χ3n) is 5.07. The number of hydrogen-bond acceptors (Lipinski definition) is 4. The Morgan fingerprint density at radius 2 is 1.79 bits per heavy atom. The van der Waals surface area contributed by atoms with E-state index >= 15 is 0 Å². The molecule has 1 aliphatic rings. The maximum absolute atomic E-state index is 12.1. The van der Waals surface area contributed by atoms with Gasteiger partial charge in [-0.15, -0.1) is 11.8 Å². The van der Waals surface area contributed by atoms with Crippen molar-refractivity contribution in [2.75, 3.05) is 5.75 Å². The fourth-order valence-electron chi connectivity index (χ4n) is 3.64. The van der Waals surface area contributed by atoms with Gasteiger partial charge in [0.05, 0.1) is 0 Å². The molecule has 1 aliphatic carbocycles. The van der Waals surface area contributed by atoms with Crippen molar-refractivity contribution in [1.29, 1.82) is 0 Å². The van der Waals surface area contributed by atoms with Crippen LogP contribution >= 0.6 is 11.8 Å². The number of carbonyl (C=O) groups excluding carboxylic acids is 1. The molecule has 0 aromatic carbocycles. The number of aliphatic hydroxyl groups excluding tert-OH is 1. The second-order valence-corrected chi connectivity index (χ2v) is 8.17. The van der Waals surface area contributed by atoms with Gasteiger partial charge < -0.3 is 10.2 Å². The van der Waals surface area contributed by atoms with E-state index in [1.165, 1.54) is 44.9 Å². The molecule has 0 saturated heterocycles. The molecule has 1 saturated carbocycles. The summed E-state index contributed by atoms with van der Waals surface area (Å²) in [6.07, 6.45) is 13.6. The van der Waals surface area contributed by atoms with Gasteiger partial charge in [0.1, 0.15) is 5.78 Å². The molecule has 1 unspecified atom stereocenters. The molecule has 0 aromatic rings. The number of carbonyl (C=O) groups is 2. The van der Waals surface area contributed by atoms with E-state index in [1.807, 2.05) is 0 Å². The zero-order valence-corrected chi connectivity index (χ0v) is 15.9. The molecule has 0 spiro atoms. The van der Waals surface area contributed by atoms with Gasteiger partial charge in [-0.1, -0.05) is 51.9 Å². The molecule has 1 rings (SSSR count). The van der Waals surface area contributed by atoms with Gasteiger partial charge >= 0.3 is 5.97 Å². The molecule has 0 aromatic heterocycles. The zero-order chi connectivity index (χ0) is 17.8. The molecule has 5 heteroatoms. The van der Waals surface area contributed by atoms with E-state index in [0.717, 1.165) is 43.9 Å². The minimum absolute atomic E-state index is 0.232. The van der Waals surface area contributed by atoms with Crippen LogP contribution in [0.2, 0.25) is 0 Å². The van der Waals surface area contributed by atoms with Gasteiger partial charge in [-0.05, 0) is 37.4 Å². The molecule has 1 fully saturated rings. The summed E-state index contributed by atoms with van der Waals surface area (Å²) in [6.45, 7) is 2.23. The van der Waals surface area contributed by atoms with Crippen LogP contribution in [0.1, 0.15) is 84.0 Å². The lowest BCUT2D eigenvalue weighted by Gasteiger charge is -2.18. The molecule has 0 bridgehead atoms. The van der Waals surface area contributed by atoms with E-state index in [0.29, 0.717) is 17.5 Å². The van der Waals surface area contributed by atoms with E-state index in [2.05, 4.69) is 6.92 Å². The molecular formula is C19H34O4S. The Morgan fingerprint density at radius 3 is 2.50 bits per heavy atom. The van der Waals surface area contributed by atoms with E-state index in [4.69, 9.17) is 5.11 Å². The summed E-state index contributed by atoms with van der Waals surface area (Å²) in [7, 11) is 0. The average molecular weight is 359 g/mol. The van der Waals surface area contributed by atoms with Crippen LogP contribution in [0, 0.1) is 11.8 Å². The summed E-state index contributed by atoms with van der Waals surface area (Å²) in [6, 6.07) is 0. The summed E-state index contributed by atoms with van der Waals surface area (Å²) in [5.41, 5.74) is -1.32. The highest BCUT2D eigenvalue weighted by molar-refractivity contribution is 8.00. The van der Waals surface area contributed by atoms with Gasteiger partial charge in [-0.25, -0.2) is 4.79 Å². The van der Waals surface area contributed by atoms with Crippen LogP contribution in [0.25, 0.3) is 0 Å². The van der Waals surface area contributed by atoms with Crippen molar-refractivity contribution >= 4 is 23.5 Å². The Labute approximate surface area is 150 Å². The van der Waals surface area contributed by atoms with Crippen LogP contribution < -0.4 is 0 Å². The van der Waals surface area contributed by atoms with Gasteiger partial charge in [0.15, 0.2) is 5.44 Å². The van der Waals surface area contributed by atoms with Gasteiger partial charge in [-0.3, -0.25) is 4.79 Å². The molecule has 4 nitrogen and oxygen atoms in total. The molecule has 24 heavy (non-hydrogen) atoms. The maximum atomic E-state index is 12.1. The third-order valence-corrected chi connectivity index (χ3v) is 6.11. The topological polar surface area (TPSA) is 74.6 Å². The predicted octanol–water partition coefficient (Wildman–Crippen LogP) is 4.64. The van der Waals surface area contributed by atoms with Crippen molar-refractivity contribution in [3.8, 4) is 0 Å². The van der Waals surface area contributed by atoms with Crippen LogP contribution in [-0.4, -0.2) is 33.2 Å². The van der Waals surface area contributed by atoms with Crippen LogP contribution in [0.5, 0.6) is 0 Å². The maximum Gasteiger partial charge on any atom is 0.343 e.